The summed E-state index contributed by atoms with van der Waals surface area (Å²) in [4.78, 5) is 3.98. The molecule has 0 radical (unpaired) electrons. The third-order valence-electron chi connectivity index (χ3n) is 2.76. The molecular formula is C14H16BrN3O2S. The molecule has 1 heterocycles. The van der Waals surface area contributed by atoms with Crippen molar-refractivity contribution >= 4 is 37.3 Å². The predicted molar refractivity (Wildman–Crippen MR) is 88.1 cm³/mol. The van der Waals surface area contributed by atoms with E-state index in [1.165, 1.54) is 6.20 Å². The molecule has 0 aliphatic carbocycles. The molecule has 112 valence electrons. The Morgan fingerprint density at radius 1 is 1.24 bits per heavy atom. The molecule has 0 saturated heterocycles. The fourth-order valence-electron chi connectivity index (χ4n) is 1.83. The SMILES string of the molecule is CCNc1cccnc1S(=O)(=O)Nc1ccc(C)cc1Br. The van der Waals surface area contributed by atoms with Crippen molar-refractivity contribution in [2.24, 2.45) is 0 Å². The van der Waals surface area contributed by atoms with Crippen LogP contribution >= 0.6 is 15.9 Å². The Kier molecular flexibility index (Phi) is 4.84. The van der Waals surface area contributed by atoms with E-state index in [9.17, 15) is 8.42 Å². The number of aromatic nitrogens is 1. The van der Waals surface area contributed by atoms with Crippen molar-refractivity contribution in [3.05, 3.63) is 46.6 Å². The Bertz CT molecular complexity index is 748. The molecule has 0 aliphatic heterocycles. The zero-order valence-electron chi connectivity index (χ0n) is 11.7. The summed E-state index contributed by atoms with van der Waals surface area (Å²) < 4.78 is 28.2. The molecule has 2 aromatic rings. The quantitative estimate of drug-likeness (QED) is 0.847. The third-order valence-corrected chi connectivity index (χ3v) is 4.74. The lowest BCUT2D eigenvalue weighted by molar-refractivity contribution is 0.598. The maximum Gasteiger partial charge on any atom is 0.281 e. The molecule has 0 bridgehead atoms. The largest absolute Gasteiger partial charge is 0.383 e. The number of nitrogens with one attached hydrogen (secondary N) is 2. The summed E-state index contributed by atoms with van der Waals surface area (Å²) in [6.07, 6.45) is 1.46. The van der Waals surface area contributed by atoms with Crippen LogP contribution in [0.1, 0.15) is 12.5 Å². The molecule has 21 heavy (non-hydrogen) atoms. The van der Waals surface area contributed by atoms with Gasteiger partial charge in [0.2, 0.25) is 0 Å². The van der Waals surface area contributed by atoms with E-state index in [1.807, 2.05) is 26.0 Å². The van der Waals surface area contributed by atoms with E-state index in [2.05, 4.69) is 31.0 Å². The minimum absolute atomic E-state index is 0.0145. The first-order chi connectivity index (χ1) is 9.94. The van der Waals surface area contributed by atoms with Crippen LogP contribution in [-0.2, 0) is 10.0 Å². The number of hydrogen-bond acceptors (Lipinski definition) is 4. The van der Waals surface area contributed by atoms with Crippen molar-refractivity contribution in [2.75, 3.05) is 16.6 Å². The van der Waals surface area contributed by atoms with E-state index in [4.69, 9.17) is 0 Å². The molecule has 1 aromatic heterocycles. The molecule has 5 nitrogen and oxygen atoms in total. The van der Waals surface area contributed by atoms with E-state index >= 15 is 0 Å². The first-order valence-corrected chi connectivity index (χ1v) is 8.69. The van der Waals surface area contributed by atoms with Gasteiger partial charge in [-0.3, -0.25) is 4.72 Å². The van der Waals surface area contributed by atoms with Crippen molar-refractivity contribution in [3.8, 4) is 0 Å². The minimum Gasteiger partial charge on any atom is -0.383 e. The average molecular weight is 370 g/mol. The third kappa shape index (κ3) is 3.74. The Hall–Kier alpha value is -1.60. The second-order valence-electron chi connectivity index (χ2n) is 4.48. The lowest BCUT2D eigenvalue weighted by atomic mass is 10.2. The molecule has 0 saturated carbocycles. The molecule has 0 spiro atoms. The predicted octanol–water partition coefficient (Wildman–Crippen LogP) is 3.39. The zero-order valence-corrected chi connectivity index (χ0v) is 14.1. The van der Waals surface area contributed by atoms with Crippen LogP contribution in [0.5, 0.6) is 0 Å². The second-order valence-corrected chi connectivity index (χ2v) is 6.93. The maximum absolute atomic E-state index is 12.5. The van der Waals surface area contributed by atoms with Crippen LogP contribution in [0.3, 0.4) is 0 Å². The van der Waals surface area contributed by atoms with Gasteiger partial charge in [-0.1, -0.05) is 6.07 Å². The topological polar surface area (TPSA) is 71.1 Å². The summed E-state index contributed by atoms with van der Waals surface area (Å²) in [5, 5.41) is 2.98. The summed E-state index contributed by atoms with van der Waals surface area (Å²) in [5.74, 6) is 0. The number of anilines is 2. The molecule has 0 unspecified atom stereocenters. The summed E-state index contributed by atoms with van der Waals surface area (Å²) in [5.41, 5.74) is 2.00. The molecule has 2 N–H and O–H groups in total. The smallest absolute Gasteiger partial charge is 0.281 e. The summed E-state index contributed by atoms with van der Waals surface area (Å²) in [6, 6.07) is 8.79. The van der Waals surface area contributed by atoms with Crippen molar-refractivity contribution in [2.45, 2.75) is 18.9 Å². The number of rotatable bonds is 5. The fraction of sp³-hybridized carbons (Fsp3) is 0.214. The average Bonchev–Trinajstić information content (AvgIpc) is 2.43. The van der Waals surface area contributed by atoms with Crippen molar-refractivity contribution in [1.82, 2.24) is 4.98 Å². The van der Waals surface area contributed by atoms with Gasteiger partial charge in [0.25, 0.3) is 10.0 Å². The van der Waals surface area contributed by atoms with Gasteiger partial charge in [-0.15, -0.1) is 0 Å². The monoisotopic (exact) mass is 369 g/mol. The summed E-state index contributed by atoms with van der Waals surface area (Å²) in [6.45, 7) is 4.45. The number of hydrogen-bond donors (Lipinski definition) is 2. The highest BCUT2D eigenvalue weighted by atomic mass is 79.9. The standard InChI is InChI=1S/C14H16BrN3O2S/c1-3-16-13-5-4-8-17-14(13)21(19,20)18-12-7-6-10(2)9-11(12)15/h4-9,16,18H,3H2,1-2H3. The van der Waals surface area contributed by atoms with Gasteiger partial charge in [-0.2, -0.15) is 8.42 Å². The Labute approximate surface area is 133 Å². The minimum atomic E-state index is -3.76. The van der Waals surface area contributed by atoms with Crippen molar-refractivity contribution in [1.29, 1.82) is 0 Å². The number of aryl methyl sites for hydroxylation is 1. The van der Waals surface area contributed by atoms with Crippen LogP contribution in [0, 0.1) is 6.92 Å². The number of benzene rings is 1. The Morgan fingerprint density at radius 3 is 2.67 bits per heavy atom. The first kappa shape index (κ1) is 15.8. The van der Waals surface area contributed by atoms with Gasteiger partial charge in [0, 0.05) is 17.2 Å². The molecule has 2 rings (SSSR count). The lowest BCUT2D eigenvalue weighted by Crippen LogP contribution is -2.17. The number of sulfonamides is 1. The first-order valence-electron chi connectivity index (χ1n) is 6.42. The Morgan fingerprint density at radius 2 is 2.00 bits per heavy atom. The second kappa shape index (κ2) is 6.44. The van der Waals surface area contributed by atoms with Gasteiger partial charge < -0.3 is 5.32 Å². The van der Waals surface area contributed by atoms with Crippen LogP contribution in [0.2, 0.25) is 0 Å². The van der Waals surface area contributed by atoms with Gasteiger partial charge in [-0.25, -0.2) is 4.98 Å². The Balaban J connectivity index is 2.39. The van der Waals surface area contributed by atoms with E-state index in [0.29, 0.717) is 22.4 Å². The molecular weight excluding hydrogens is 354 g/mol. The number of halogens is 1. The van der Waals surface area contributed by atoms with Gasteiger partial charge >= 0.3 is 0 Å². The van der Waals surface area contributed by atoms with Crippen LogP contribution in [0.15, 0.2) is 46.0 Å². The molecule has 1 aromatic carbocycles. The van der Waals surface area contributed by atoms with Crippen LogP contribution < -0.4 is 10.0 Å². The molecule has 0 amide bonds. The molecule has 0 atom stereocenters. The normalized spacial score (nSPS) is 11.2. The van der Waals surface area contributed by atoms with Gasteiger partial charge in [0.15, 0.2) is 5.03 Å². The van der Waals surface area contributed by atoms with E-state index in [0.717, 1.165) is 5.56 Å². The lowest BCUT2D eigenvalue weighted by Gasteiger charge is -2.13. The van der Waals surface area contributed by atoms with Crippen molar-refractivity contribution < 1.29 is 8.42 Å². The molecule has 0 fully saturated rings. The molecule has 0 aliphatic rings. The van der Waals surface area contributed by atoms with E-state index in [-0.39, 0.29) is 5.03 Å². The fourth-order valence-corrected chi connectivity index (χ4v) is 3.74. The van der Waals surface area contributed by atoms with Crippen LogP contribution in [0.25, 0.3) is 0 Å². The molecule has 7 heteroatoms. The van der Waals surface area contributed by atoms with Gasteiger partial charge in [-0.05, 0) is 59.6 Å². The van der Waals surface area contributed by atoms with Gasteiger partial charge in [0.05, 0.1) is 11.4 Å². The van der Waals surface area contributed by atoms with Crippen LogP contribution in [0.4, 0.5) is 11.4 Å². The zero-order chi connectivity index (χ0) is 15.5. The van der Waals surface area contributed by atoms with E-state index in [1.54, 1.807) is 18.2 Å². The maximum atomic E-state index is 12.5. The van der Waals surface area contributed by atoms with Crippen molar-refractivity contribution in [3.63, 3.8) is 0 Å². The summed E-state index contributed by atoms with van der Waals surface area (Å²) in [7, 11) is -3.76. The highest BCUT2D eigenvalue weighted by molar-refractivity contribution is 9.10. The number of pyridine rings is 1. The van der Waals surface area contributed by atoms with Gasteiger partial charge in [0.1, 0.15) is 0 Å². The highest BCUT2D eigenvalue weighted by Gasteiger charge is 2.20. The summed E-state index contributed by atoms with van der Waals surface area (Å²) >= 11 is 3.36. The van der Waals surface area contributed by atoms with Crippen LogP contribution in [-0.4, -0.2) is 19.9 Å². The van der Waals surface area contributed by atoms with E-state index < -0.39 is 10.0 Å². The number of nitrogens with zero attached hydrogens (tertiary/aromatic N) is 1. The highest BCUT2D eigenvalue weighted by Crippen LogP contribution is 2.27.